The summed E-state index contributed by atoms with van der Waals surface area (Å²) in [6.07, 6.45) is 2.18. The van der Waals surface area contributed by atoms with Gasteiger partial charge in [-0.3, -0.25) is 4.79 Å². The molecule has 8 heteroatoms. The highest BCUT2D eigenvalue weighted by molar-refractivity contribution is 6.05. The molecule has 0 saturated carbocycles. The van der Waals surface area contributed by atoms with Crippen LogP contribution in [0, 0.1) is 0 Å². The number of carbonyl (C=O) groups excluding carboxylic acids is 2. The third-order valence-electron chi connectivity index (χ3n) is 6.39. The van der Waals surface area contributed by atoms with Crippen LogP contribution >= 0.6 is 0 Å². The van der Waals surface area contributed by atoms with Gasteiger partial charge in [0.05, 0.1) is 23.9 Å². The molecule has 1 aromatic heterocycles. The Morgan fingerprint density at radius 3 is 2.54 bits per heavy atom. The van der Waals surface area contributed by atoms with E-state index in [9.17, 15) is 9.59 Å². The maximum Gasteiger partial charge on any atom is 0.513 e. The number of hydrogen-bond acceptors (Lipinski definition) is 6. The highest BCUT2D eigenvalue weighted by Crippen LogP contribution is 2.31. The number of nitrogens with one attached hydrogen (secondary N) is 1. The predicted molar refractivity (Wildman–Crippen MR) is 142 cm³/mol. The number of methoxy groups -OCH3 is 1. The first-order valence-corrected chi connectivity index (χ1v) is 12.3. The fourth-order valence-corrected chi connectivity index (χ4v) is 4.52. The second-order valence-corrected chi connectivity index (χ2v) is 8.91. The average molecular weight is 497 g/mol. The first kappa shape index (κ1) is 24.2. The molecule has 1 N–H and O–H groups in total. The summed E-state index contributed by atoms with van der Waals surface area (Å²) in [4.78, 5) is 28.1. The van der Waals surface area contributed by atoms with Gasteiger partial charge in [-0.1, -0.05) is 55.5 Å². The molecule has 0 fully saturated rings. The van der Waals surface area contributed by atoms with Gasteiger partial charge in [0.25, 0.3) is 0 Å². The average Bonchev–Trinajstić information content (AvgIpc) is 3.26. The SMILES string of the molecule is CCCc1nc2ccc(C3=NNC(=O)CC3)cc2n1Cc1ccc(-c2ccccc2OC(=O)OC)cc1. The van der Waals surface area contributed by atoms with Gasteiger partial charge < -0.3 is 14.0 Å². The third kappa shape index (κ3) is 5.23. The Balaban J connectivity index is 1.46. The van der Waals surface area contributed by atoms with Crippen LogP contribution in [0.2, 0.25) is 0 Å². The van der Waals surface area contributed by atoms with E-state index >= 15 is 0 Å². The zero-order chi connectivity index (χ0) is 25.8. The van der Waals surface area contributed by atoms with Crippen LogP contribution in [0.15, 0.2) is 71.8 Å². The van der Waals surface area contributed by atoms with Crippen molar-refractivity contribution in [3.63, 3.8) is 0 Å². The van der Waals surface area contributed by atoms with Crippen molar-refractivity contribution < 1.29 is 19.1 Å². The summed E-state index contributed by atoms with van der Waals surface area (Å²) in [6.45, 7) is 2.82. The number of aromatic nitrogens is 2. The second kappa shape index (κ2) is 10.7. The lowest BCUT2D eigenvalue weighted by molar-refractivity contribution is -0.121. The summed E-state index contributed by atoms with van der Waals surface area (Å²) in [6, 6.07) is 21.8. The topological polar surface area (TPSA) is 94.8 Å². The number of imidazole rings is 1. The molecule has 4 aromatic rings. The smallest absolute Gasteiger partial charge is 0.437 e. The predicted octanol–water partition coefficient (Wildman–Crippen LogP) is 5.46. The van der Waals surface area contributed by atoms with Gasteiger partial charge in [-0.2, -0.15) is 5.10 Å². The van der Waals surface area contributed by atoms with Crippen LogP contribution in [0.25, 0.3) is 22.2 Å². The van der Waals surface area contributed by atoms with Gasteiger partial charge >= 0.3 is 6.16 Å². The number of aryl methyl sites for hydroxylation is 1. The molecular formula is C29H28N4O4. The van der Waals surface area contributed by atoms with E-state index < -0.39 is 6.16 Å². The van der Waals surface area contributed by atoms with E-state index in [1.807, 2.05) is 42.5 Å². The Labute approximate surface area is 214 Å². The third-order valence-corrected chi connectivity index (χ3v) is 6.39. The van der Waals surface area contributed by atoms with Crippen molar-refractivity contribution in [2.75, 3.05) is 7.11 Å². The molecule has 3 aromatic carbocycles. The van der Waals surface area contributed by atoms with Gasteiger partial charge in [0, 0.05) is 31.4 Å². The number of amides is 1. The van der Waals surface area contributed by atoms with Crippen LogP contribution in [0.4, 0.5) is 4.79 Å². The van der Waals surface area contributed by atoms with Crippen LogP contribution in [-0.2, 0) is 22.5 Å². The van der Waals surface area contributed by atoms with Crippen molar-refractivity contribution in [3.05, 3.63) is 83.7 Å². The second-order valence-electron chi connectivity index (χ2n) is 8.91. The summed E-state index contributed by atoms with van der Waals surface area (Å²) in [5, 5.41) is 4.26. The molecule has 0 spiro atoms. The lowest BCUT2D eigenvalue weighted by Crippen LogP contribution is -2.25. The lowest BCUT2D eigenvalue weighted by atomic mass is 10.0. The normalized spacial score (nSPS) is 13.2. The number of para-hydroxylation sites is 1. The van der Waals surface area contributed by atoms with Crippen molar-refractivity contribution in [1.82, 2.24) is 15.0 Å². The van der Waals surface area contributed by atoms with Crippen LogP contribution in [0.1, 0.15) is 43.1 Å². The van der Waals surface area contributed by atoms with E-state index in [2.05, 4.69) is 45.0 Å². The molecular weight excluding hydrogens is 468 g/mol. The Bertz CT molecular complexity index is 1490. The number of benzene rings is 3. The van der Waals surface area contributed by atoms with Crippen LogP contribution < -0.4 is 10.2 Å². The van der Waals surface area contributed by atoms with Gasteiger partial charge in [0.1, 0.15) is 11.6 Å². The molecule has 1 aliphatic rings. The highest BCUT2D eigenvalue weighted by Gasteiger charge is 2.17. The zero-order valence-electron chi connectivity index (χ0n) is 20.9. The fraction of sp³-hybridized carbons (Fsp3) is 0.241. The Morgan fingerprint density at radius 2 is 1.81 bits per heavy atom. The standard InChI is InChI=1S/C29H28N4O4/c1-3-6-27-30-24-14-13-21(23-15-16-28(34)32-31-23)17-25(24)33(27)18-19-9-11-20(12-10-19)22-7-4-5-8-26(22)37-29(35)36-2/h4-5,7-14,17H,3,6,15-16,18H2,1-2H3,(H,32,34). The van der Waals surface area contributed by atoms with E-state index in [1.165, 1.54) is 7.11 Å². The molecule has 0 unspecified atom stereocenters. The maximum atomic E-state index is 11.6. The Kier molecular flexibility index (Phi) is 6.98. The fourth-order valence-electron chi connectivity index (χ4n) is 4.52. The molecule has 2 heterocycles. The number of rotatable bonds is 7. The summed E-state index contributed by atoms with van der Waals surface area (Å²) in [7, 11) is 1.29. The van der Waals surface area contributed by atoms with Crippen molar-refractivity contribution >= 4 is 28.8 Å². The quantitative estimate of drug-likeness (QED) is 0.271. The molecule has 0 saturated heterocycles. The number of carbonyl (C=O) groups is 2. The maximum absolute atomic E-state index is 11.6. The lowest BCUT2D eigenvalue weighted by Gasteiger charge is -2.14. The van der Waals surface area contributed by atoms with E-state index in [1.54, 1.807) is 6.07 Å². The zero-order valence-corrected chi connectivity index (χ0v) is 20.9. The molecule has 1 amide bonds. The molecule has 1 aliphatic heterocycles. The minimum absolute atomic E-state index is 0.0527. The van der Waals surface area contributed by atoms with E-state index in [0.29, 0.717) is 25.1 Å². The van der Waals surface area contributed by atoms with E-state index in [-0.39, 0.29) is 5.91 Å². The van der Waals surface area contributed by atoms with E-state index in [4.69, 9.17) is 9.72 Å². The molecule has 0 atom stereocenters. The summed E-state index contributed by atoms with van der Waals surface area (Å²) < 4.78 is 12.2. The van der Waals surface area contributed by atoms with Gasteiger partial charge in [-0.15, -0.1) is 0 Å². The van der Waals surface area contributed by atoms with Crippen molar-refractivity contribution in [2.45, 2.75) is 39.2 Å². The van der Waals surface area contributed by atoms with Crippen molar-refractivity contribution in [1.29, 1.82) is 0 Å². The van der Waals surface area contributed by atoms with Gasteiger partial charge in [0.15, 0.2) is 0 Å². The first-order valence-electron chi connectivity index (χ1n) is 12.3. The Hall–Kier alpha value is -4.46. The molecule has 0 aliphatic carbocycles. The van der Waals surface area contributed by atoms with Crippen molar-refractivity contribution in [3.8, 4) is 16.9 Å². The minimum atomic E-state index is -0.750. The molecule has 8 nitrogen and oxygen atoms in total. The van der Waals surface area contributed by atoms with Crippen LogP contribution in [0.3, 0.4) is 0 Å². The summed E-state index contributed by atoms with van der Waals surface area (Å²) in [5.41, 5.74) is 9.32. The first-order chi connectivity index (χ1) is 18.1. The van der Waals surface area contributed by atoms with Crippen molar-refractivity contribution in [2.24, 2.45) is 5.10 Å². The number of hydrogen-bond donors (Lipinski definition) is 1. The largest absolute Gasteiger partial charge is 0.513 e. The summed E-state index contributed by atoms with van der Waals surface area (Å²) in [5.74, 6) is 1.43. The molecule has 188 valence electrons. The number of nitrogens with zero attached hydrogens (tertiary/aromatic N) is 3. The van der Waals surface area contributed by atoms with Gasteiger partial charge in [-0.05, 0) is 41.3 Å². The Morgan fingerprint density at radius 1 is 1.03 bits per heavy atom. The van der Waals surface area contributed by atoms with Crippen LogP contribution in [0.5, 0.6) is 5.75 Å². The number of fused-ring (bicyclic) bond motifs is 1. The van der Waals surface area contributed by atoms with Gasteiger partial charge in [0.2, 0.25) is 5.91 Å². The van der Waals surface area contributed by atoms with Gasteiger partial charge in [-0.25, -0.2) is 15.2 Å². The molecule has 37 heavy (non-hydrogen) atoms. The molecule has 0 bridgehead atoms. The van der Waals surface area contributed by atoms with E-state index in [0.717, 1.165) is 57.7 Å². The highest BCUT2D eigenvalue weighted by atomic mass is 16.7. The number of ether oxygens (including phenoxy) is 2. The molecule has 0 radical (unpaired) electrons. The summed E-state index contributed by atoms with van der Waals surface area (Å²) >= 11 is 0. The minimum Gasteiger partial charge on any atom is -0.437 e. The molecule has 5 rings (SSSR count). The number of hydrazone groups is 1. The van der Waals surface area contributed by atoms with Crippen LogP contribution in [-0.4, -0.2) is 34.4 Å². The monoisotopic (exact) mass is 496 g/mol.